The van der Waals surface area contributed by atoms with Gasteiger partial charge in [0.2, 0.25) is 0 Å². The Balaban J connectivity index is 2.11. The van der Waals surface area contributed by atoms with Crippen LogP contribution in [0.5, 0.6) is 0 Å². The molecule has 0 N–H and O–H groups in total. The van der Waals surface area contributed by atoms with Crippen LogP contribution in [0.4, 0.5) is 0 Å². The molecule has 53 valence electrons. The highest BCUT2D eigenvalue weighted by molar-refractivity contribution is 6.24. The SMILES string of the molecule is CCCC(C)[C]1CC1Cl. The fraction of sp³-hybridized carbons (Fsp3) is 0.875. The van der Waals surface area contributed by atoms with E-state index < -0.39 is 0 Å². The number of rotatable bonds is 3. The average molecular weight is 146 g/mol. The second-order valence-electron chi connectivity index (χ2n) is 2.94. The second-order valence-corrected chi connectivity index (χ2v) is 3.46. The van der Waals surface area contributed by atoms with Crippen LogP contribution < -0.4 is 0 Å². The number of alkyl halides is 1. The largest absolute Gasteiger partial charge is 0.122 e. The first-order valence-corrected chi connectivity index (χ1v) is 4.19. The molecule has 1 heteroatoms. The summed E-state index contributed by atoms with van der Waals surface area (Å²) in [7, 11) is 0. The van der Waals surface area contributed by atoms with E-state index >= 15 is 0 Å². The first-order chi connectivity index (χ1) is 4.25. The summed E-state index contributed by atoms with van der Waals surface area (Å²) in [6, 6.07) is 0. The van der Waals surface area contributed by atoms with E-state index in [1.165, 1.54) is 19.3 Å². The molecule has 1 aliphatic carbocycles. The van der Waals surface area contributed by atoms with E-state index in [0.717, 1.165) is 5.92 Å². The van der Waals surface area contributed by atoms with Crippen molar-refractivity contribution in [2.45, 2.75) is 38.5 Å². The molecular weight excluding hydrogens is 132 g/mol. The summed E-state index contributed by atoms with van der Waals surface area (Å²) in [5.74, 6) is 2.37. The molecule has 0 saturated heterocycles. The van der Waals surface area contributed by atoms with Gasteiger partial charge in [-0.15, -0.1) is 11.6 Å². The zero-order valence-electron chi connectivity index (χ0n) is 6.15. The number of hydrogen-bond donors (Lipinski definition) is 0. The third-order valence-electron chi connectivity index (χ3n) is 2.01. The molecule has 2 unspecified atom stereocenters. The Kier molecular flexibility index (Phi) is 2.40. The zero-order valence-corrected chi connectivity index (χ0v) is 6.91. The standard InChI is InChI=1S/C8H14Cl/c1-3-4-6(2)7-5-8(7)9/h6,8H,3-5H2,1-2H3. The van der Waals surface area contributed by atoms with Gasteiger partial charge in [0, 0.05) is 5.38 Å². The van der Waals surface area contributed by atoms with Gasteiger partial charge >= 0.3 is 0 Å². The topological polar surface area (TPSA) is 0 Å². The second kappa shape index (κ2) is 2.92. The van der Waals surface area contributed by atoms with Gasteiger partial charge in [0.05, 0.1) is 0 Å². The summed E-state index contributed by atoms with van der Waals surface area (Å²) in [5.41, 5.74) is 0. The molecule has 0 bridgehead atoms. The lowest BCUT2D eigenvalue weighted by Gasteiger charge is -2.05. The summed E-state index contributed by atoms with van der Waals surface area (Å²) in [4.78, 5) is 0. The van der Waals surface area contributed by atoms with Crippen molar-refractivity contribution in [1.29, 1.82) is 0 Å². The van der Waals surface area contributed by atoms with Gasteiger partial charge in [0.1, 0.15) is 0 Å². The predicted octanol–water partition coefficient (Wildman–Crippen LogP) is 3.01. The molecule has 0 amide bonds. The Labute approximate surface area is 62.6 Å². The van der Waals surface area contributed by atoms with Crippen LogP contribution in [0.2, 0.25) is 0 Å². The monoisotopic (exact) mass is 145 g/mol. The van der Waals surface area contributed by atoms with Gasteiger partial charge in [-0.1, -0.05) is 26.7 Å². The Morgan fingerprint density at radius 1 is 1.78 bits per heavy atom. The molecule has 0 aromatic rings. The minimum absolute atomic E-state index is 0.437. The maximum Gasteiger partial charge on any atom is 0.0407 e. The molecule has 0 aromatic heterocycles. The van der Waals surface area contributed by atoms with Crippen molar-refractivity contribution in [2.75, 3.05) is 0 Å². The molecule has 9 heavy (non-hydrogen) atoms. The molecule has 1 radical (unpaired) electrons. The smallest absolute Gasteiger partial charge is 0.0407 e. The lowest BCUT2D eigenvalue weighted by atomic mass is 10.0. The van der Waals surface area contributed by atoms with Crippen LogP contribution in [-0.4, -0.2) is 5.38 Å². The molecule has 0 spiro atoms. The first-order valence-electron chi connectivity index (χ1n) is 3.75. The van der Waals surface area contributed by atoms with Crippen molar-refractivity contribution >= 4 is 11.6 Å². The molecule has 0 heterocycles. The van der Waals surface area contributed by atoms with Crippen LogP contribution in [0.25, 0.3) is 0 Å². The molecule has 0 aromatic carbocycles. The third-order valence-corrected chi connectivity index (χ3v) is 2.45. The van der Waals surface area contributed by atoms with Crippen molar-refractivity contribution in [3.63, 3.8) is 0 Å². The van der Waals surface area contributed by atoms with E-state index in [4.69, 9.17) is 11.6 Å². The minimum Gasteiger partial charge on any atom is -0.122 e. The van der Waals surface area contributed by atoms with Crippen LogP contribution in [-0.2, 0) is 0 Å². The molecule has 1 fully saturated rings. The number of hydrogen-bond acceptors (Lipinski definition) is 0. The van der Waals surface area contributed by atoms with Gasteiger partial charge in [0.25, 0.3) is 0 Å². The Bertz CT molecular complexity index is 90.6. The molecule has 1 saturated carbocycles. The van der Waals surface area contributed by atoms with E-state index in [1.807, 2.05) is 0 Å². The van der Waals surface area contributed by atoms with Crippen molar-refractivity contribution in [2.24, 2.45) is 5.92 Å². The molecule has 0 aliphatic heterocycles. The van der Waals surface area contributed by atoms with E-state index in [0.29, 0.717) is 5.38 Å². The summed E-state index contributed by atoms with van der Waals surface area (Å²) in [6.07, 6.45) is 3.79. The van der Waals surface area contributed by atoms with Gasteiger partial charge < -0.3 is 0 Å². The van der Waals surface area contributed by atoms with Crippen LogP contribution in [0.15, 0.2) is 0 Å². The predicted molar refractivity (Wildman–Crippen MR) is 41.6 cm³/mol. The highest BCUT2D eigenvalue weighted by atomic mass is 35.5. The first kappa shape index (κ1) is 7.40. The molecule has 1 rings (SSSR count). The highest BCUT2D eigenvalue weighted by Gasteiger charge is 2.39. The Morgan fingerprint density at radius 2 is 2.33 bits per heavy atom. The fourth-order valence-corrected chi connectivity index (χ4v) is 1.67. The third kappa shape index (κ3) is 1.86. The lowest BCUT2D eigenvalue weighted by molar-refractivity contribution is 0.582. The zero-order chi connectivity index (χ0) is 6.85. The van der Waals surface area contributed by atoms with Crippen LogP contribution in [0, 0.1) is 11.8 Å². The van der Waals surface area contributed by atoms with E-state index in [1.54, 1.807) is 5.92 Å². The normalized spacial score (nSPS) is 30.3. The maximum absolute atomic E-state index is 5.85. The summed E-state index contributed by atoms with van der Waals surface area (Å²) < 4.78 is 0. The van der Waals surface area contributed by atoms with Crippen molar-refractivity contribution in [1.82, 2.24) is 0 Å². The van der Waals surface area contributed by atoms with E-state index in [9.17, 15) is 0 Å². The van der Waals surface area contributed by atoms with Gasteiger partial charge in [-0.25, -0.2) is 0 Å². The van der Waals surface area contributed by atoms with Gasteiger partial charge in [-0.05, 0) is 18.3 Å². The van der Waals surface area contributed by atoms with Crippen molar-refractivity contribution in [3.05, 3.63) is 5.92 Å². The summed E-state index contributed by atoms with van der Waals surface area (Å²) in [5, 5.41) is 0.437. The average Bonchev–Trinajstić information content (AvgIpc) is 2.47. The Hall–Kier alpha value is 0.290. The number of halogens is 1. The van der Waals surface area contributed by atoms with Crippen LogP contribution in [0.3, 0.4) is 0 Å². The molecule has 2 atom stereocenters. The van der Waals surface area contributed by atoms with Gasteiger partial charge in [0.15, 0.2) is 0 Å². The molecule has 0 nitrogen and oxygen atoms in total. The highest BCUT2D eigenvalue weighted by Crippen LogP contribution is 2.45. The quantitative estimate of drug-likeness (QED) is 0.536. The van der Waals surface area contributed by atoms with E-state index in [2.05, 4.69) is 13.8 Å². The molecular formula is C8H14Cl. The lowest BCUT2D eigenvalue weighted by Crippen LogP contribution is -1.95. The molecule has 1 aliphatic rings. The van der Waals surface area contributed by atoms with E-state index in [-0.39, 0.29) is 0 Å². The van der Waals surface area contributed by atoms with Crippen molar-refractivity contribution in [3.8, 4) is 0 Å². The van der Waals surface area contributed by atoms with Crippen LogP contribution >= 0.6 is 11.6 Å². The minimum atomic E-state index is 0.437. The van der Waals surface area contributed by atoms with Gasteiger partial charge in [-0.2, -0.15) is 0 Å². The van der Waals surface area contributed by atoms with Gasteiger partial charge in [-0.3, -0.25) is 0 Å². The fourth-order valence-electron chi connectivity index (χ4n) is 1.28. The summed E-state index contributed by atoms with van der Waals surface area (Å²) >= 11 is 5.85. The maximum atomic E-state index is 5.85. The van der Waals surface area contributed by atoms with Crippen molar-refractivity contribution < 1.29 is 0 Å². The summed E-state index contributed by atoms with van der Waals surface area (Å²) in [6.45, 7) is 4.50. The van der Waals surface area contributed by atoms with Crippen LogP contribution in [0.1, 0.15) is 33.1 Å². The Morgan fingerprint density at radius 3 is 2.67 bits per heavy atom.